The minimum Gasteiger partial charge on any atom is -0.385 e. The van der Waals surface area contributed by atoms with Crippen LogP contribution in [0.5, 0.6) is 0 Å². The molecule has 0 aliphatic carbocycles. The Hall–Kier alpha value is -2.48. The molecule has 1 aliphatic rings. The van der Waals surface area contributed by atoms with Crippen molar-refractivity contribution in [3.05, 3.63) is 46.7 Å². The van der Waals surface area contributed by atoms with Crippen molar-refractivity contribution in [3.63, 3.8) is 0 Å². The van der Waals surface area contributed by atoms with Gasteiger partial charge in [-0.25, -0.2) is 9.97 Å². The van der Waals surface area contributed by atoms with Gasteiger partial charge in [0.15, 0.2) is 0 Å². The summed E-state index contributed by atoms with van der Waals surface area (Å²) in [5.41, 5.74) is -0.00570. The maximum Gasteiger partial charge on any atom is 0.287 e. The fourth-order valence-corrected chi connectivity index (χ4v) is 2.99. The van der Waals surface area contributed by atoms with Crippen molar-refractivity contribution in [2.24, 2.45) is 13.0 Å². The molecule has 122 valence electrons. The molecule has 23 heavy (non-hydrogen) atoms. The molecule has 8 nitrogen and oxygen atoms in total. The minimum atomic E-state index is -0.568. The number of anilines is 1. The Morgan fingerprint density at radius 3 is 2.61 bits per heavy atom. The average molecular weight is 317 g/mol. The van der Waals surface area contributed by atoms with Gasteiger partial charge in [0.2, 0.25) is 0 Å². The van der Waals surface area contributed by atoms with E-state index in [1.165, 1.54) is 12.3 Å². The quantitative estimate of drug-likeness (QED) is 0.680. The molecule has 1 aliphatic heterocycles. The van der Waals surface area contributed by atoms with Crippen molar-refractivity contribution in [2.75, 3.05) is 18.0 Å². The highest BCUT2D eigenvalue weighted by Crippen LogP contribution is 2.31. The SMILES string of the molecule is Cn1ccnc1C(O)C1CCN(c2ccc([N+](=O)[O-])cn2)CC1. The van der Waals surface area contributed by atoms with E-state index in [2.05, 4.69) is 14.9 Å². The van der Waals surface area contributed by atoms with Gasteiger partial charge in [0, 0.05) is 38.6 Å². The van der Waals surface area contributed by atoms with E-state index in [-0.39, 0.29) is 11.6 Å². The third-order valence-corrected chi connectivity index (χ3v) is 4.38. The molecule has 0 bridgehead atoms. The van der Waals surface area contributed by atoms with Gasteiger partial charge in [-0.05, 0) is 24.8 Å². The topological polar surface area (TPSA) is 97.3 Å². The largest absolute Gasteiger partial charge is 0.385 e. The van der Waals surface area contributed by atoms with Gasteiger partial charge in [-0.2, -0.15) is 0 Å². The van der Waals surface area contributed by atoms with E-state index in [1.807, 2.05) is 17.8 Å². The number of aromatic nitrogens is 3. The molecule has 0 spiro atoms. The number of aliphatic hydroxyl groups excluding tert-OH is 1. The van der Waals surface area contributed by atoms with Crippen LogP contribution in [-0.2, 0) is 7.05 Å². The first-order valence-corrected chi connectivity index (χ1v) is 7.57. The van der Waals surface area contributed by atoms with Crippen LogP contribution in [0.25, 0.3) is 0 Å². The molecule has 0 amide bonds. The van der Waals surface area contributed by atoms with Gasteiger partial charge >= 0.3 is 0 Å². The average Bonchev–Trinajstić information content (AvgIpc) is 3.00. The van der Waals surface area contributed by atoms with Gasteiger partial charge in [-0.3, -0.25) is 10.1 Å². The molecule has 8 heteroatoms. The molecule has 1 fully saturated rings. The highest BCUT2D eigenvalue weighted by molar-refractivity contribution is 5.43. The Kier molecular flexibility index (Phi) is 4.24. The number of pyridine rings is 1. The van der Waals surface area contributed by atoms with Gasteiger partial charge in [0.1, 0.15) is 23.9 Å². The predicted octanol–water partition coefficient (Wildman–Crippen LogP) is 1.67. The van der Waals surface area contributed by atoms with E-state index in [4.69, 9.17) is 0 Å². The molecule has 3 heterocycles. The molecular formula is C15H19N5O3. The predicted molar refractivity (Wildman–Crippen MR) is 84.0 cm³/mol. The molecule has 3 rings (SSSR count). The van der Waals surface area contributed by atoms with Crippen LogP contribution in [-0.4, -0.2) is 37.7 Å². The normalized spacial score (nSPS) is 17.2. The number of nitro groups is 1. The van der Waals surface area contributed by atoms with Crippen molar-refractivity contribution in [1.29, 1.82) is 0 Å². The summed E-state index contributed by atoms with van der Waals surface area (Å²) in [5.74, 6) is 1.59. The lowest BCUT2D eigenvalue weighted by Gasteiger charge is -2.34. The number of piperidine rings is 1. The van der Waals surface area contributed by atoms with E-state index in [9.17, 15) is 15.2 Å². The smallest absolute Gasteiger partial charge is 0.287 e. The second kappa shape index (κ2) is 6.33. The number of rotatable bonds is 4. The molecule has 1 atom stereocenters. The first kappa shape index (κ1) is 15.4. The summed E-state index contributed by atoms with van der Waals surface area (Å²) in [5, 5.41) is 21.1. The molecule has 2 aromatic heterocycles. The maximum absolute atomic E-state index is 10.7. The lowest BCUT2D eigenvalue weighted by molar-refractivity contribution is -0.385. The summed E-state index contributed by atoms with van der Waals surface area (Å²) in [4.78, 5) is 20.7. The summed E-state index contributed by atoms with van der Waals surface area (Å²) in [6.07, 6.45) is 5.88. The molecule has 0 saturated carbocycles. The van der Waals surface area contributed by atoms with Crippen molar-refractivity contribution in [3.8, 4) is 0 Å². The lowest BCUT2D eigenvalue weighted by atomic mass is 9.90. The van der Waals surface area contributed by atoms with E-state index in [0.717, 1.165) is 31.7 Å². The van der Waals surface area contributed by atoms with Crippen LogP contribution in [0.2, 0.25) is 0 Å². The summed E-state index contributed by atoms with van der Waals surface area (Å²) < 4.78 is 1.84. The van der Waals surface area contributed by atoms with E-state index < -0.39 is 11.0 Å². The van der Waals surface area contributed by atoms with Crippen LogP contribution in [0.15, 0.2) is 30.7 Å². The van der Waals surface area contributed by atoms with Crippen molar-refractivity contribution in [1.82, 2.24) is 14.5 Å². The molecule has 1 unspecified atom stereocenters. The van der Waals surface area contributed by atoms with Crippen molar-refractivity contribution >= 4 is 11.5 Å². The van der Waals surface area contributed by atoms with Crippen LogP contribution >= 0.6 is 0 Å². The standard InChI is InChI=1S/C15H19N5O3/c1-18-9-6-16-15(18)14(21)11-4-7-19(8-5-11)13-3-2-12(10-17-13)20(22)23/h2-3,6,9-11,14,21H,4-5,7-8H2,1H3. The third-order valence-electron chi connectivity index (χ3n) is 4.38. The third kappa shape index (κ3) is 3.16. The van der Waals surface area contributed by atoms with Crippen molar-refractivity contribution in [2.45, 2.75) is 18.9 Å². The summed E-state index contributed by atoms with van der Waals surface area (Å²) in [6.45, 7) is 1.52. The van der Waals surface area contributed by atoms with E-state index in [1.54, 1.807) is 12.3 Å². The number of aryl methyl sites for hydroxylation is 1. The van der Waals surface area contributed by atoms with Crippen LogP contribution < -0.4 is 4.90 Å². The molecule has 1 saturated heterocycles. The van der Waals surface area contributed by atoms with Crippen LogP contribution in [0.4, 0.5) is 11.5 Å². The molecular weight excluding hydrogens is 298 g/mol. The molecule has 0 radical (unpaired) electrons. The molecule has 1 N–H and O–H groups in total. The van der Waals surface area contributed by atoms with E-state index >= 15 is 0 Å². The molecule has 0 aromatic carbocycles. The van der Waals surface area contributed by atoms with E-state index in [0.29, 0.717) is 5.82 Å². The van der Waals surface area contributed by atoms with Crippen LogP contribution in [0, 0.1) is 16.0 Å². The summed E-state index contributed by atoms with van der Waals surface area (Å²) in [7, 11) is 1.88. The fraction of sp³-hybridized carbons (Fsp3) is 0.467. The fourth-order valence-electron chi connectivity index (χ4n) is 2.99. The molecule has 2 aromatic rings. The Balaban J connectivity index is 1.62. The second-order valence-corrected chi connectivity index (χ2v) is 5.80. The lowest BCUT2D eigenvalue weighted by Crippen LogP contribution is -2.36. The second-order valence-electron chi connectivity index (χ2n) is 5.80. The maximum atomic E-state index is 10.7. The van der Waals surface area contributed by atoms with Gasteiger partial charge in [0.05, 0.1) is 4.92 Å². The van der Waals surface area contributed by atoms with Crippen LogP contribution in [0.3, 0.4) is 0 Å². The highest BCUT2D eigenvalue weighted by Gasteiger charge is 2.28. The summed E-state index contributed by atoms with van der Waals surface area (Å²) in [6, 6.07) is 3.14. The Bertz CT molecular complexity index is 677. The zero-order valence-corrected chi connectivity index (χ0v) is 12.9. The number of hydrogen-bond acceptors (Lipinski definition) is 6. The first-order chi connectivity index (χ1) is 11.1. The summed E-state index contributed by atoms with van der Waals surface area (Å²) >= 11 is 0. The Morgan fingerprint density at radius 2 is 2.09 bits per heavy atom. The number of aliphatic hydroxyl groups is 1. The monoisotopic (exact) mass is 317 g/mol. The zero-order valence-electron chi connectivity index (χ0n) is 12.9. The van der Waals surface area contributed by atoms with Crippen molar-refractivity contribution < 1.29 is 10.0 Å². The first-order valence-electron chi connectivity index (χ1n) is 7.57. The Labute approximate surface area is 133 Å². The minimum absolute atomic E-state index is 0.00570. The van der Waals surface area contributed by atoms with Gasteiger partial charge in [-0.15, -0.1) is 0 Å². The van der Waals surface area contributed by atoms with Gasteiger partial charge < -0.3 is 14.6 Å². The highest BCUT2D eigenvalue weighted by atomic mass is 16.6. The zero-order chi connectivity index (χ0) is 16.4. The van der Waals surface area contributed by atoms with Crippen LogP contribution in [0.1, 0.15) is 24.8 Å². The number of imidazole rings is 1. The number of nitrogens with zero attached hydrogens (tertiary/aromatic N) is 5. The van der Waals surface area contributed by atoms with Gasteiger partial charge in [-0.1, -0.05) is 0 Å². The van der Waals surface area contributed by atoms with Gasteiger partial charge in [0.25, 0.3) is 5.69 Å². The number of hydrogen-bond donors (Lipinski definition) is 1. The Morgan fingerprint density at radius 1 is 1.35 bits per heavy atom.